The van der Waals surface area contributed by atoms with Crippen LogP contribution in [0.1, 0.15) is 11.1 Å². The highest BCUT2D eigenvalue weighted by Gasteiger charge is 2.11. The normalized spacial score (nSPS) is 11.2. The van der Waals surface area contributed by atoms with Gasteiger partial charge in [-0.05, 0) is 59.7 Å². The number of imidazole rings is 1. The number of hydrogen-bond acceptors (Lipinski definition) is 1. The van der Waals surface area contributed by atoms with E-state index in [0.717, 1.165) is 26.9 Å². The van der Waals surface area contributed by atoms with Crippen molar-refractivity contribution in [1.82, 2.24) is 9.97 Å². The SMILES string of the molecule is Cc1cccc(-c2nc3c(C)cc(Br)cc3[nH]2)c1I. The molecule has 0 bridgehead atoms. The van der Waals surface area contributed by atoms with E-state index in [4.69, 9.17) is 4.98 Å². The van der Waals surface area contributed by atoms with Crippen LogP contribution in [-0.2, 0) is 0 Å². The quantitative estimate of drug-likeness (QED) is 0.531. The maximum Gasteiger partial charge on any atom is 0.139 e. The number of nitrogens with one attached hydrogen (secondary N) is 1. The Kier molecular flexibility index (Phi) is 3.39. The predicted molar refractivity (Wildman–Crippen MR) is 91.4 cm³/mol. The minimum absolute atomic E-state index is 0.935. The van der Waals surface area contributed by atoms with Gasteiger partial charge in [-0.3, -0.25) is 0 Å². The van der Waals surface area contributed by atoms with Crippen LogP contribution in [0.25, 0.3) is 22.4 Å². The van der Waals surface area contributed by atoms with Crippen molar-refractivity contribution in [2.24, 2.45) is 0 Å². The number of benzene rings is 2. The van der Waals surface area contributed by atoms with Crippen LogP contribution in [0.15, 0.2) is 34.8 Å². The zero-order chi connectivity index (χ0) is 13.6. The number of aromatic amines is 1. The van der Waals surface area contributed by atoms with Crippen LogP contribution in [0, 0.1) is 17.4 Å². The van der Waals surface area contributed by atoms with E-state index < -0.39 is 0 Å². The molecule has 0 aliphatic rings. The van der Waals surface area contributed by atoms with Gasteiger partial charge < -0.3 is 4.98 Å². The molecule has 3 aromatic rings. The number of aromatic nitrogens is 2. The fourth-order valence-corrected chi connectivity index (χ4v) is 3.39. The summed E-state index contributed by atoms with van der Waals surface area (Å²) in [5.41, 5.74) is 5.72. The molecule has 4 heteroatoms. The molecule has 0 fully saturated rings. The minimum atomic E-state index is 0.935. The maximum atomic E-state index is 4.74. The van der Waals surface area contributed by atoms with E-state index in [0.29, 0.717) is 0 Å². The van der Waals surface area contributed by atoms with Crippen LogP contribution in [0.3, 0.4) is 0 Å². The van der Waals surface area contributed by atoms with Gasteiger partial charge in [0.2, 0.25) is 0 Å². The van der Waals surface area contributed by atoms with Gasteiger partial charge in [-0.2, -0.15) is 0 Å². The molecule has 0 atom stereocenters. The Morgan fingerprint density at radius 3 is 2.74 bits per heavy atom. The number of fused-ring (bicyclic) bond motifs is 1. The summed E-state index contributed by atoms with van der Waals surface area (Å²) < 4.78 is 2.32. The second-order valence-electron chi connectivity index (χ2n) is 4.64. The number of aryl methyl sites for hydroxylation is 2. The molecule has 1 N–H and O–H groups in total. The summed E-state index contributed by atoms with van der Waals surface area (Å²) in [4.78, 5) is 8.16. The molecule has 2 aromatic carbocycles. The molecule has 0 radical (unpaired) electrons. The Hall–Kier alpha value is -0.880. The molecule has 1 aromatic heterocycles. The van der Waals surface area contributed by atoms with Crippen molar-refractivity contribution in [3.63, 3.8) is 0 Å². The molecule has 0 aliphatic carbocycles. The van der Waals surface area contributed by atoms with Crippen LogP contribution in [0.2, 0.25) is 0 Å². The highest BCUT2D eigenvalue weighted by molar-refractivity contribution is 14.1. The molecule has 0 aliphatic heterocycles. The highest BCUT2D eigenvalue weighted by Crippen LogP contribution is 2.29. The lowest BCUT2D eigenvalue weighted by Gasteiger charge is -2.03. The van der Waals surface area contributed by atoms with Crippen LogP contribution < -0.4 is 0 Å². The molecular formula is C15H12BrIN2. The standard InChI is InChI=1S/C15H12BrIN2/c1-8-4-3-5-11(13(8)17)15-18-12-7-10(16)6-9(2)14(12)19-15/h3-7H,1-2H3,(H,18,19). The van der Waals surface area contributed by atoms with Gasteiger partial charge in [0.1, 0.15) is 5.82 Å². The van der Waals surface area contributed by atoms with E-state index in [9.17, 15) is 0 Å². The Bertz CT molecular complexity index is 777. The molecule has 19 heavy (non-hydrogen) atoms. The smallest absolute Gasteiger partial charge is 0.139 e. The largest absolute Gasteiger partial charge is 0.338 e. The third-order valence-electron chi connectivity index (χ3n) is 3.19. The van der Waals surface area contributed by atoms with Crippen molar-refractivity contribution in [1.29, 1.82) is 0 Å². The number of halogens is 2. The lowest BCUT2D eigenvalue weighted by molar-refractivity contribution is 1.30. The number of rotatable bonds is 1. The molecule has 96 valence electrons. The Labute approximate surface area is 133 Å². The van der Waals surface area contributed by atoms with Crippen LogP contribution in [0.5, 0.6) is 0 Å². The van der Waals surface area contributed by atoms with Crippen LogP contribution >= 0.6 is 38.5 Å². The number of nitrogens with zero attached hydrogens (tertiary/aromatic N) is 1. The zero-order valence-electron chi connectivity index (χ0n) is 10.6. The van der Waals surface area contributed by atoms with Gasteiger partial charge in [-0.15, -0.1) is 0 Å². The first-order valence-electron chi connectivity index (χ1n) is 5.97. The fourth-order valence-electron chi connectivity index (χ4n) is 2.20. The summed E-state index contributed by atoms with van der Waals surface area (Å²) in [6.45, 7) is 4.20. The van der Waals surface area contributed by atoms with E-state index in [-0.39, 0.29) is 0 Å². The van der Waals surface area contributed by atoms with Gasteiger partial charge in [0.05, 0.1) is 11.0 Å². The van der Waals surface area contributed by atoms with Crippen molar-refractivity contribution in [3.8, 4) is 11.4 Å². The molecule has 0 amide bonds. The molecule has 2 nitrogen and oxygen atoms in total. The second kappa shape index (κ2) is 4.90. The monoisotopic (exact) mass is 426 g/mol. The molecule has 0 spiro atoms. The number of H-pyrrole nitrogens is 1. The zero-order valence-corrected chi connectivity index (χ0v) is 14.3. The second-order valence-corrected chi connectivity index (χ2v) is 6.64. The molecule has 0 unspecified atom stereocenters. The van der Waals surface area contributed by atoms with Crippen molar-refractivity contribution in [2.45, 2.75) is 13.8 Å². The predicted octanol–water partition coefficient (Wildman–Crippen LogP) is 5.21. The summed E-state index contributed by atoms with van der Waals surface area (Å²) in [6.07, 6.45) is 0. The Morgan fingerprint density at radius 2 is 1.95 bits per heavy atom. The molecule has 0 saturated heterocycles. The average Bonchev–Trinajstić information content (AvgIpc) is 2.76. The van der Waals surface area contributed by atoms with Gasteiger partial charge in [0.25, 0.3) is 0 Å². The first-order valence-corrected chi connectivity index (χ1v) is 7.85. The average molecular weight is 427 g/mol. The van der Waals surface area contributed by atoms with Crippen molar-refractivity contribution in [3.05, 3.63) is 49.5 Å². The summed E-state index contributed by atoms with van der Waals surface area (Å²) in [6, 6.07) is 10.5. The van der Waals surface area contributed by atoms with Crippen molar-refractivity contribution in [2.75, 3.05) is 0 Å². The maximum absolute atomic E-state index is 4.74. The van der Waals surface area contributed by atoms with Gasteiger partial charge >= 0.3 is 0 Å². The van der Waals surface area contributed by atoms with E-state index in [1.165, 1.54) is 14.7 Å². The summed E-state index contributed by atoms with van der Waals surface area (Å²) in [5, 5.41) is 0. The Morgan fingerprint density at radius 1 is 1.16 bits per heavy atom. The lowest BCUT2D eigenvalue weighted by atomic mass is 10.1. The molecule has 3 rings (SSSR count). The van der Waals surface area contributed by atoms with E-state index in [1.807, 2.05) is 0 Å². The Balaban J connectivity index is 2.26. The molecule has 1 heterocycles. The topological polar surface area (TPSA) is 28.7 Å². The van der Waals surface area contributed by atoms with E-state index >= 15 is 0 Å². The van der Waals surface area contributed by atoms with Crippen molar-refractivity contribution >= 4 is 49.6 Å². The van der Waals surface area contributed by atoms with Crippen LogP contribution in [0.4, 0.5) is 0 Å². The van der Waals surface area contributed by atoms with Gasteiger partial charge in [0, 0.05) is 13.6 Å². The van der Waals surface area contributed by atoms with Crippen LogP contribution in [-0.4, -0.2) is 9.97 Å². The third kappa shape index (κ3) is 2.31. The minimum Gasteiger partial charge on any atom is -0.338 e. The van der Waals surface area contributed by atoms with Gasteiger partial charge in [0.15, 0.2) is 0 Å². The highest BCUT2D eigenvalue weighted by atomic mass is 127. The van der Waals surface area contributed by atoms with E-state index in [2.05, 4.69) is 87.7 Å². The van der Waals surface area contributed by atoms with Gasteiger partial charge in [-0.25, -0.2) is 4.98 Å². The lowest BCUT2D eigenvalue weighted by Crippen LogP contribution is -1.88. The first kappa shape index (κ1) is 13.1. The molecular weight excluding hydrogens is 415 g/mol. The van der Waals surface area contributed by atoms with Gasteiger partial charge in [-0.1, -0.05) is 34.1 Å². The fraction of sp³-hybridized carbons (Fsp3) is 0.133. The first-order chi connectivity index (χ1) is 9.06. The van der Waals surface area contributed by atoms with E-state index in [1.54, 1.807) is 0 Å². The third-order valence-corrected chi connectivity index (χ3v) is 5.08. The summed E-state index contributed by atoms with van der Waals surface area (Å²) in [7, 11) is 0. The van der Waals surface area contributed by atoms with Crippen molar-refractivity contribution < 1.29 is 0 Å². The summed E-state index contributed by atoms with van der Waals surface area (Å²) in [5.74, 6) is 0.935. The summed E-state index contributed by atoms with van der Waals surface area (Å²) >= 11 is 5.90. The number of hydrogen-bond donors (Lipinski definition) is 1. The molecule has 0 saturated carbocycles.